The van der Waals surface area contributed by atoms with Gasteiger partial charge in [0.15, 0.2) is 5.65 Å². The van der Waals surface area contributed by atoms with E-state index in [1.165, 1.54) is 26.4 Å². The summed E-state index contributed by atoms with van der Waals surface area (Å²) in [6.45, 7) is 0. The number of rotatable bonds is 2. The van der Waals surface area contributed by atoms with Crippen LogP contribution in [-0.4, -0.2) is 23.9 Å². The first kappa shape index (κ1) is 23.0. The van der Waals surface area contributed by atoms with Gasteiger partial charge in [-0.05, 0) is 35.7 Å². The maximum atomic E-state index is 5.39. The summed E-state index contributed by atoms with van der Waals surface area (Å²) in [7, 11) is 0. The molecule has 0 atom stereocenters. The molecule has 0 radical (unpaired) electrons. The Hall–Kier alpha value is -5.59. The van der Waals surface area contributed by atoms with E-state index in [4.69, 9.17) is 15.0 Å². The third-order valence-electron chi connectivity index (χ3n) is 8.59. The highest BCUT2D eigenvalue weighted by Crippen LogP contribution is 2.41. The highest BCUT2D eigenvalue weighted by Gasteiger charge is 2.22. The van der Waals surface area contributed by atoms with Gasteiger partial charge in [-0.2, -0.15) is 0 Å². The van der Waals surface area contributed by atoms with Crippen LogP contribution in [-0.2, 0) is 0 Å². The van der Waals surface area contributed by atoms with Crippen LogP contribution in [0.15, 0.2) is 128 Å². The lowest BCUT2D eigenvalue weighted by Gasteiger charge is -2.12. The molecule has 0 saturated heterocycles. The van der Waals surface area contributed by atoms with Gasteiger partial charge in [0.05, 0.1) is 27.8 Å². The fraction of sp³-hybridized carbons (Fsp3) is 0. The number of hydrogen-bond acceptors (Lipinski definition) is 4. The normalized spacial score (nSPS) is 12.2. The third-order valence-corrected chi connectivity index (χ3v) is 9.65. The molecular weight excluding hydrogens is 547 g/mol. The molecule has 5 aromatic carbocycles. The van der Waals surface area contributed by atoms with Crippen molar-refractivity contribution in [3.8, 4) is 17.2 Å². The van der Waals surface area contributed by atoms with Crippen molar-refractivity contribution in [1.29, 1.82) is 0 Å². The number of pyridine rings is 1. The van der Waals surface area contributed by atoms with Crippen molar-refractivity contribution in [2.45, 2.75) is 0 Å². The predicted octanol–water partition coefficient (Wildman–Crippen LogP) is 9.56. The molecule has 0 amide bonds. The minimum atomic E-state index is 0.609. The summed E-state index contributed by atoms with van der Waals surface area (Å²) in [4.78, 5) is 16.7. The molecule has 5 aromatic heterocycles. The molecule has 0 fully saturated rings. The Labute approximate surface area is 248 Å². The summed E-state index contributed by atoms with van der Waals surface area (Å²) < 4.78 is 5.73. The minimum Gasteiger partial charge on any atom is -0.305 e. The molecule has 0 aliphatic carbocycles. The van der Waals surface area contributed by atoms with Crippen LogP contribution in [0.4, 0.5) is 0 Å². The minimum absolute atomic E-state index is 0.609. The summed E-state index contributed by atoms with van der Waals surface area (Å²) in [5.41, 5.74) is 7.14. The SMILES string of the molecule is c1ccc(-c2nc(-n3c4cccc5ccc6c7ccccc7n(c7cccnc73)c6c54)nc3sc4ccccc4c23)cc1. The standard InChI is InChI=1S/C37H21N5S/c1-2-10-23(11-3-1)33-32-26-14-5-7-18-30(26)43-36(32)40-37(39-33)42-28-16-8-12-22-19-20-25-24-13-4-6-15-27(24)41(34(25)31(22)28)29-17-9-21-38-35(29)42/h1-21H. The van der Waals surface area contributed by atoms with Gasteiger partial charge in [0.25, 0.3) is 0 Å². The Morgan fingerprint density at radius 3 is 2.28 bits per heavy atom. The molecule has 5 nitrogen and oxygen atoms in total. The Bertz CT molecular complexity index is 2720. The van der Waals surface area contributed by atoms with E-state index in [0.29, 0.717) is 5.95 Å². The molecule has 6 heteroatoms. The van der Waals surface area contributed by atoms with E-state index in [9.17, 15) is 0 Å². The van der Waals surface area contributed by atoms with Crippen molar-refractivity contribution >= 4 is 80.9 Å². The van der Waals surface area contributed by atoms with Gasteiger partial charge in [0, 0.05) is 43.4 Å². The number of hydrogen-bond donors (Lipinski definition) is 0. The van der Waals surface area contributed by atoms with Gasteiger partial charge in [0.2, 0.25) is 5.95 Å². The van der Waals surface area contributed by atoms with Crippen molar-refractivity contribution in [2.24, 2.45) is 0 Å². The second-order valence-electron chi connectivity index (χ2n) is 10.9. The number of nitrogens with zero attached hydrogens (tertiary/aromatic N) is 5. The molecule has 0 aliphatic rings. The van der Waals surface area contributed by atoms with Crippen molar-refractivity contribution in [2.75, 3.05) is 0 Å². The topological polar surface area (TPSA) is 48.0 Å². The molecule has 0 unspecified atom stereocenters. The smallest absolute Gasteiger partial charge is 0.237 e. The lowest BCUT2D eigenvalue weighted by molar-refractivity contribution is 0.994. The number of para-hydroxylation sites is 1. The van der Waals surface area contributed by atoms with Crippen LogP contribution in [0.3, 0.4) is 0 Å². The zero-order chi connectivity index (χ0) is 28.1. The van der Waals surface area contributed by atoms with Crippen LogP contribution >= 0.6 is 11.3 Å². The molecule has 0 N–H and O–H groups in total. The summed E-state index contributed by atoms with van der Waals surface area (Å²) in [6, 6.07) is 42.7. The monoisotopic (exact) mass is 567 g/mol. The van der Waals surface area contributed by atoms with Crippen molar-refractivity contribution in [1.82, 2.24) is 23.9 Å². The molecule has 0 spiro atoms. The van der Waals surface area contributed by atoms with E-state index in [-0.39, 0.29) is 0 Å². The first-order chi connectivity index (χ1) is 21.3. The zero-order valence-electron chi connectivity index (χ0n) is 22.8. The first-order valence-electron chi connectivity index (χ1n) is 14.3. The van der Waals surface area contributed by atoms with Crippen LogP contribution in [0.25, 0.3) is 86.8 Å². The second-order valence-corrected chi connectivity index (χ2v) is 11.9. The highest BCUT2D eigenvalue weighted by atomic mass is 32.1. The van der Waals surface area contributed by atoms with Gasteiger partial charge in [-0.1, -0.05) is 91.0 Å². The Morgan fingerprint density at radius 2 is 1.35 bits per heavy atom. The lowest BCUT2D eigenvalue weighted by atomic mass is 10.0. The van der Waals surface area contributed by atoms with Crippen LogP contribution in [0.2, 0.25) is 0 Å². The fourth-order valence-corrected chi connectivity index (χ4v) is 7.88. The molecule has 0 bridgehead atoms. The third kappa shape index (κ3) is 3.07. The van der Waals surface area contributed by atoms with Crippen molar-refractivity contribution < 1.29 is 0 Å². The molecular formula is C37H21N5S. The zero-order valence-corrected chi connectivity index (χ0v) is 23.6. The highest BCUT2D eigenvalue weighted by molar-refractivity contribution is 7.25. The number of fused-ring (bicyclic) bond motifs is 8. The Kier molecular flexibility index (Phi) is 4.54. The van der Waals surface area contributed by atoms with Crippen molar-refractivity contribution in [3.05, 3.63) is 128 Å². The summed E-state index contributed by atoms with van der Waals surface area (Å²) in [6.07, 6.45) is 1.86. The summed E-state index contributed by atoms with van der Waals surface area (Å²) in [5, 5.41) is 7.04. The van der Waals surface area contributed by atoms with Gasteiger partial charge in [-0.3, -0.25) is 4.57 Å². The van der Waals surface area contributed by atoms with Gasteiger partial charge in [0.1, 0.15) is 4.83 Å². The number of aromatic nitrogens is 5. The second kappa shape index (κ2) is 8.47. The van der Waals surface area contributed by atoms with Crippen LogP contribution in [0.5, 0.6) is 0 Å². The van der Waals surface area contributed by atoms with E-state index in [1.807, 2.05) is 18.3 Å². The summed E-state index contributed by atoms with van der Waals surface area (Å²) in [5.74, 6) is 0.609. The van der Waals surface area contributed by atoms with Crippen LogP contribution in [0.1, 0.15) is 0 Å². The molecule has 43 heavy (non-hydrogen) atoms. The fourth-order valence-electron chi connectivity index (χ4n) is 6.81. The average Bonchev–Trinajstić information content (AvgIpc) is 3.57. The van der Waals surface area contributed by atoms with Gasteiger partial charge < -0.3 is 4.40 Å². The van der Waals surface area contributed by atoms with E-state index >= 15 is 0 Å². The molecule has 0 aliphatic heterocycles. The van der Waals surface area contributed by atoms with Crippen LogP contribution in [0, 0.1) is 0 Å². The quantitative estimate of drug-likeness (QED) is 0.209. The van der Waals surface area contributed by atoms with Gasteiger partial charge in [-0.15, -0.1) is 11.3 Å². The number of thiophene rings is 1. The maximum Gasteiger partial charge on any atom is 0.237 e. The first-order valence-corrected chi connectivity index (χ1v) is 15.1. The molecule has 10 aromatic rings. The Balaban J connectivity index is 1.47. The maximum absolute atomic E-state index is 5.39. The van der Waals surface area contributed by atoms with E-state index in [0.717, 1.165) is 54.4 Å². The van der Waals surface area contributed by atoms with E-state index in [1.54, 1.807) is 11.3 Å². The largest absolute Gasteiger partial charge is 0.305 e. The number of benzene rings is 5. The van der Waals surface area contributed by atoms with E-state index < -0.39 is 0 Å². The van der Waals surface area contributed by atoms with Gasteiger partial charge in [-0.25, -0.2) is 15.0 Å². The molecule has 200 valence electrons. The van der Waals surface area contributed by atoms with E-state index in [2.05, 4.69) is 118 Å². The Morgan fingerprint density at radius 1 is 0.558 bits per heavy atom. The predicted molar refractivity (Wildman–Crippen MR) is 178 cm³/mol. The van der Waals surface area contributed by atoms with Gasteiger partial charge >= 0.3 is 0 Å². The lowest BCUT2D eigenvalue weighted by Crippen LogP contribution is -2.05. The molecule has 5 heterocycles. The summed E-state index contributed by atoms with van der Waals surface area (Å²) >= 11 is 1.71. The van der Waals surface area contributed by atoms with Crippen molar-refractivity contribution in [3.63, 3.8) is 0 Å². The van der Waals surface area contributed by atoms with Crippen LogP contribution < -0.4 is 0 Å². The molecule has 10 rings (SSSR count). The average molecular weight is 568 g/mol. The molecule has 0 saturated carbocycles.